The van der Waals surface area contributed by atoms with E-state index in [0.717, 1.165) is 29.1 Å². The second-order valence-electron chi connectivity index (χ2n) is 7.39. The maximum atomic E-state index is 15.0. The number of sulfonamides is 1. The van der Waals surface area contributed by atoms with Gasteiger partial charge in [-0.1, -0.05) is 23.8 Å². The summed E-state index contributed by atoms with van der Waals surface area (Å²) in [5.41, 5.74) is 3.15. The third-order valence-corrected chi connectivity index (χ3v) is 5.80. The van der Waals surface area contributed by atoms with E-state index in [4.69, 9.17) is 0 Å². The Morgan fingerprint density at radius 1 is 1.19 bits per heavy atom. The van der Waals surface area contributed by atoms with Gasteiger partial charge in [0.15, 0.2) is 5.82 Å². The minimum absolute atomic E-state index is 0.0306. The van der Waals surface area contributed by atoms with Crippen molar-refractivity contribution in [2.75, 3.05) is 14.1 Å². The van der Waals surface area contributed by atoms with Gasteiger partial charge < -0.3 is 10.0 Å². The van der Waals surface area contributed by atoms with E-state index < -0.39 is 22.4 Å². The van der Waals surface area contributed by atoms with Crippen molar-refractivity contribution in [3.63, 3.8) is 0 Å². The molecule has 0 fully saturated rings. The molecule has 164 valence electrons. The van der Waals surface area contributed by atoms with Crippen LogP contribution in [0.25, 0.3) is 5.69 Å². The van der Waals surface area contributed by atoms with Crippen LogP contribution < -0.4 is 0 Å². The normalized spacial score (nSPS) is 11.9. The first-order chi connectivity index (χ1) is 14.6. The van der Waals surface area contributed by atoms with Crippen molar-refractivity contribution in [2.24, 2.45) is 4.40 Å². The standard InChI is InChI=1S/C21H24FN5O3S/c1-14-5-6-15(2)16(9-14)10-21-24-20(12-28)25-27(21)19-8-7-17(11-18(19)22)31(29,30)23-13-26(3)4/h5-9,11,13,28H,10,12H2,1-4H3/b23-13-. The van der Waals surface area contributed by atoms with Gasteiger partial charge in [-0.3, -0.25) is 0 Å². The number of aliphatic hydroxyl groups excluding tert-OH is 1. The van der Waals surface area contributed by atoms with Crippen molar-refractivity contribution < 1.29 is 17.9 Å². The predicted octanol–water partition coefficient (Wildman–Crippen LogP) is 2.38. The Kier molecular flexibility index (Phi) is 6.51. The number of aromatic nitrogens is 3. The molecule has 0 saturated heterocycles. The molecule has 0 aliphatic heterocycles. The van der Waals surface area contributed by atoms with Crippen LogP contribution in [0.1, 0.15) is 28.3 Å². The fourth-order valence-electron chi connectivity index (χ4n) is 2.96. The molecule has 3 aromatic rings. The highest BCUT2D eigenvalue weighted by molar-refractivity contribution is 7.90. The SMILES string of the molecule is Cc1ccc(C)c(Cc2nc(CO)nn2-c2ccc(S(=O)(=O)/N=C\N(C)C)cc2F)c1. The van der Waals surface area contributed by atoms with E-state index in [1.807, 2.05) is 32.0 Å². The minimum Gasteiger partial charge on any atom is -0.388 e. The number of hydrogen-bond donors (Lipinski definition) is 1. The summed E-state index contributed by atoms with van der Waals surface area (Å²) in [4.78, 5) is 5.51. The van der Waals surface area contributed by atoms with E-state index in [2.05, 4.69) is 14.5 Å². The zero-order chi connectivity index (χ0) is 22.8. The van der Waals surface area contributed by atoms with Gasteiger partial charge >= 0.3 is 0 Å². The van der Waals surface area contributed by atoms with Crippen molar-refractivity contribution >= 4 is 16.4 Å². The molecule has 1 N–H and O–H groups in total. The lowest BCUT2D eigenvalue weighted by Crippen LogP contribution is -2.11. The van der Waals surface area contributed by atoms with Gasteiger partial charge in [0.2, 0.25) is 0 Å². The van der Waals surface area contributed by atoms with Crippen LogP contribution in [0, 0.1) is 19.7 Å². The Morgan fingerprint density at radius 2 is 1.94 bits per heavy atom. The van der Waals surface area contributed by atoms with E-state index >= 15 is 0 Å². The molecule has 0 aliphatic rings. The highest BCUT2D eigenvalue weighted by Crippen LogP contribution is 2.22. The van der Waals surface area contributed by atoms with Crippen molar-refractivity contribution in [3.8, 4) is 5.69 Å². The summed E-state index contributed by atoms with van der Waals surface area (Å²) in [6.07, 6.45) is 1.50. The van der Waals surface area contributed by atoms with Gasteiger partial charge in [0, 0.05) is 20.5 Å². The first-order valence-corrected chi connectivity index (χ1v) is 10.9. The second kappa shape index (κ2) is 8.94. The Labute approximate surface area is 180 Å². The van der Waals surface area contributed by atoms with Gasteiger partial charge in [-0.15, -0.1) is 9.50 Å². The molecule has 2 aromatic carbocycles. The highest BCUT2D eigenvalue weighted by Gasteiger charge is 2.19. The third kappa shape index (κ3) is 5.15. The molecule has 0 amide bonds. The molecule has 0 spiro atoms. The molecular weight excluding hydrogens is 421 g/mol. The van der Waals surface area contributed by atoms with Crippen molar-refractivity contribution in [3.05, 3.63) is 70.6 Å². The van der Waals surface area contributed by atoms with Crippen LogP contribution in [0.3, 0.4) is 0 Å². The lowest BCUT2D eigenvalue weighted by atomic mass is 10.0. The number of benzene rings is 2. The van der Waals surface area contributed by atoms with E-state index in [9.17, 15) is 17.9 Å². The lowest BCUT2D eigenvalue weighted by Gasteiger charge is -2.10. The topological polar surface area (TPSA) is 101 Å². The first kappa shape index (κ1) is 22.6. The molecule has 0 saturated carbocycles. The zero-order valence-corrected chi connectivity index (χ0v) is 18.6. The van der Waals surface area contributed by atoms with Crippen molar-refractivity contribution in [2.45, 2.75) is 31.8 Å². The van der Waals surface area contributed by atoms with Crippen molar-refractivity contribution in [1.29, 1.82) is 0 Å². The number of aliphatic hydroxyl groups is 1. The highest BCUT2D eigenvalue weighted by atomic mass is 32.2. The van der Waals surface area contributed by atoms with Gasteiger partial charge in [-0.25, -0.2) is 14.1 Å². The quantitative estimate of drug-likeness (QED) is 0.443. The van der Waals surface area contributed by atoms with Crippen LogP contribution in [0.5, 0.6) is 0 Å². The number of nitrogens with zero attached hydrogens (tertiary/aromatic N) is 5. The van der Waals surface area contributed by atoms with E-state index in [1.54, 1.807) is 14.1 Å². The maximum Gasteiger partial charge on any atom is 0.283 e. The summed E-state index contributed by atoms with van der Waals surface area (Å²) in [7, 11) is -0.786. The summed E-state index contributed by atoms with van der Waals surface area (Å²) in [6.45, 7) is 3.54. The molecule has 10 heteroatoms. The van der Waals surface area contributed by atoms with Crippen LogP contribution >= 0.6 is 0 Å². The number of rotatable bonds is 7. The van der Waals surface area contributed by atoms with Gasteiger partial charge in [0.1, 0.15) is 30.3 Å². The van der Waals surface area contributed by atoms with Crippen molar-refractivity contribution in [1.82, 2.24) is 19.7 Å². The maximum absolute atomic E-state index is 15.0. The second-order valence-corrected chi connectivity index (χ2v) is 9.03. The summed E-state index contributed by atoms with van der Waals surface area (Å²) in [5, 5.41) is 13.7. The van der Waals surface area contributed by atoms with Crippen LogP contribution in [0.4, 0.5) is 4.39 Å². The molecule has 0 bridgehead atoms. The van der Waals surface area contributed by atoms with Crippen LogP contribution in [-0.4, -0.2) is 53.6 Å². The van der Waals surface area contributed by atoms with Crippen LogP contribution in [0.15, 0.2) is 45.7 Å². The fraction of sp³-hybridized carbons (Fsp3) is 0.286. The smallest absolute Gasteiger partial charge is 0.283 e. The van der Waals surface area contributed by atoms with Gasteiger partial charge in [0.05, 0.1) is 4.90 Å². The molecule has 0 aliphatic carbocycles. The van der Waals surface area contributed by atoms with Gasteiger partial charge in [-0.05, 0) is 43.2 Å². The van der Waals surface area contributed by atoms with E-state index in [0.29, 0.717) is 12.2 Å². The van der Waals surface area contributed by atoms with Crippen LogP contribution in [-0.2, 0) is 23.1 Å². The molecular formula is C21H24FN5O3S. The monoisotopic (exact) mass is 445 g/mol. The molecule has 1 heterocycles. The predicted molar refractivity (Wildman–Crippen MR) is 115 cm³/mol. The number of halogens is 1. The Bertz CT molecular complexity index is 1240. The van der Waals surface area contributed by atoms with E-state index in [-0.39, 0.29) is 16.4 Å². The molecule has 0 atom stereocenters. The van der Waals surface area contributed by atoms with Gasteiger partial charge in [0.25, 0.3) is 10.0 Å². The van der Waals surface area contributed by atoms with Crippen LogP contribution in [0.2, 0.25) is 0 Å². The Morgan fingerprint density at radius 3 is 2.58 bits per heavy atom. The summed E-state index contributed by atoms with van der Waals surface area (Å²) in [6, 6.07) is 9.49. The molecule has 0 unspecified atom stereocenters. The molecule has 31 heavy (non-hydrogen) atoms. The largest absolute Gasteiger partial charge is 0.388 e. The fourth-order valence-corrected chi connectivity index (χ4v) is 3.89. The number of aryl methyl sites for hydroxylation is 2. The summed E-state index contributed by atoms with van der Waals surface area (Å²) >= 11 is 0. The molecule has 3 rings (SSSR count). The van der Waals surface area contributed by atoms with Gasteiger partial charge in [-0.2, -0.15) is 8.42 Å². The first-order valence-electron chi connectivity index (χ1n) is 9.49. The number of hydrogen-bond acceptors (Lipinski definition) is 5. The summed E-state index contributed by atoms with van der Waals surface area (Å²) in [5.74, 6) is -0.220. The molecule has 8 nitrogen and oxygen atoms in total. The minimum atomic E-state index is -4.04. The molecule has 1 aromatic heterocycles. The summed E-state index contributed by atoms with van der Waals surface area (Å²) < 4.78 is 44.4. The zero-order valence-electron chi connectivity index (χ0n) is 17.7. The Balaban J connectivity index is 2.03. The average Bonchev–Trinajstić information content (AvgIpc) is 3.12. The average molecular weight is 446 g/mol. The molecule has 0 radical (unpaired) electrons. The lowest BCUT2D eigenvalue weighted by molar-refractivity contribution is 0.271. The Hall–Kier alpha value is -3.11. The third-order valence-electron chi connectivity index (χ3n) is 4.57. The van der Waals surface area contributed by atoms with E-state index in [1.165, 1.54) is 21.7 Å².